The molecule has 2 unspecified atom stereocenters. The average molecular weight is 274 g/mol. The Kier molecular flexibility index (Phi) is 4.27. The van der Waals surface area contributed by atoms with Crippen LogP contribution in [0.2, 0.25) is 0 Å². The fourth-order valence-electron chi connectivity index (χ4n) is 2.86. The molecule has 2 rings (SSSR count). The van der Waals surface area contributed by atoms with Crippen LogP contribution in [0.5, 0.6) is 0 Å². The predicted octanol–water partition coefficient (Wildman–Crippen LogP) is 0.151. The van der Waals surface area contributed by atoms with E-state index >= 15 is 0 Å². The van der Waals surface area contributed by atoms with Crippen molar-refractivity contribution in [1.29, 1.82) is 0 Å². The molecule has 1 saturated heterocycles. The van der Waals surface area contributed by atoms with Gasteiger partial charge in [-0.1, -0.05) is 12.8 Å². The van der Waals surface area contributed by atoms with E-state index in [9.17, 15) is 13.2 Å². The molecule has 104 valence electrons. The second kappa shape index (κ2) is 5.57. The molecule has 2 atom stereocenters. The van der Waals surface area contributed by atoms with Crippen molar-refractivity contribution in [2.24, 2.45) is 11.7 Å². The zero-order chi connectivity index (χ0) is 13.2. The highest BCUT2D eigenvalue weighted by atomic mass is 32.2. The van der Waals surface area contributed by atoms with Gasteiger partial charge in [0.15, 0.2) is 9.84 Å². The number of hydrogen-bond donors (Lipinski definition) is 1. The van der Waals surface area contributed by atoms with Crippen molar-refractivity contribution >= 4 is 15.7 Å². The third-order valence-electron chi connectivity index (χ3n) is 4.00. The third kappa shape index (κ3) is 3.23. The summed E-state index contributed by atoms with van der Waals surface area (Å²) in [5, 5.41) is 0. The Labute approximate surface area is 109 Å². The maximum absolute atomic E-state index is 12.4. The molecule has 2 aliphatic rings. The second-order valence-electron chi connectivity index (χ2n) is 5.39. The summed E-state index contributed by atoms with van der Waals surface area (Å²) in [6.45, 7) is 0.895. The lowest BCUT2D eigenvalue weighted by molar-refractivity contribution is -0.136. The van der Waals surface area contributed by atoms with E-state index in [0.717, 1.165) is 25.7 Å². The van der Waals surface area contributed by atoms with E-state index in [4.69, 9.17) is 5.73 Å². The molecular formula is C12H22N2O3S. The Morgan fingerprint density at radius 2 is 1.78 bits per heavy atom. The summed E-state index contributed by atoms with van der Waals surface area (Å²) in [7, 11) is -2.96. The summed E-state index contributed by atoms with van der Waals surface area (Å²) in [5.41, 5.74) is 6.01. The van der Waals surface area contributed by atoms with E-state index in [1.54, 1.807) is 4.90 Å². The fraction of sp³-hybridized carbons (Fsp3) is 0.917. The van der Waals surface area contributed by atoms with Crippen molar-refractivity contribution in [3.05, 3.63) is 0 Å². The lowest BCUT2D eigenvalue weighted by Crippen LogP contribution is -2.46. The van der Waals surface area contributed by atoms with Crippen LogP contribution < -0.4 is 5.73 Å². The molecule has 1 saturated carbocycles. The topological polar surface area (TPSA) is 80.5 Å². The number of nitrogens with two attached hydrogens (primary N) is 1. The smallest absolute Gasteiger partial charge is 0.227 e. The van der Waals surface area contributed by atoms with Gasteiger partial charge in [0.25, 0.3) is 0 Å². The Morgan fingerprint density at radius 1 is 1.06 bits per heavy atom. The van der Waals surface area contributed by atoms with Crippen molar-refractivity contribution in [1.82, 2.24) is 4.90 Å². The zero-order valence-electron chi connectivity index (χ0n) is 10.7. The summed E-state index contributed by atoms with van der Waals surface area (Å²) in [4.78, 5) is 14.1. The molecule has 6 heteroatoms. The lowest BCUT2D eigenvalue weighted by atomic mass is 9.84. The van der Waals surface area contributed by atoms with Gasteiger partial charge >= 0.3 is 0 Å². The van der Waals surface area contributed by atoms with Crippen molar-refractivity contribution in [2.45, 2.75) is 38.1 Å². The second-order valence-corrected chi connectivity index (χ2v) is 7.69. The number of carbonyl (C=O) groups is 1. The third-order valence-corrected chi connectivity index (χ3v) is 5.72. The van der Waals surface area contributed by atoms with Crippen LogP contribution >= 0.6 is 0 Å². The summed E-state index contributed by atoms with van der Waals surface area (Å²) in [5.74, 6) is 0.271. The maximum atomic E-state index is 12.4. The maximum Gasteiger partial charge on any atom is 0.227 e. The molecule has 1 amide bonds. The first-order valence-corrected chi connectivity index (χ1v) is 8.56. The summed E-state index contributed by atoms with van der Waals surface area (Å²) >= 11 is 0. The lowest BCUT2D eigenvalue weighted by Gasteiger charge is -2.32. The SMILES string of the molecule is NC1CCCCC1C(=O)N1CCCS(=O)(=O)CC1. The van der Waals surface area contributed by atoms with Gasteiger partial charge in [-0.05, 0) is 19.3 Å². The van der Waals surface area contributed by atoms with Gasteiger partial charge in [-0.25, -0.2) is 8.42 Å². The van der Waals surface area contributed by atoms with Crippen LogP contribution in [-0.2, 0) is 14.6 Å². The molecule has 18 heavy (non-hydrogen) atoms. The van der Waals surface area contributed by atoms with E-state index in [-0.39, 0.29) is 29.4 Å². The van der Waals surface area contributed by atoms with Crippen molar-refractivity contribution in [3.8, 4) is 0 Å². The van der Waals surface area contributed by atoms with Gasteiger partial charge in [0.2, 0.25) is 5.91 Å². The standard InChI is InChI=1S/C12H22N2O3S/c13-11-5-2-1-4-10(11)12(15)14-6-3-8-18(16,17)9-7-14/h10-11H,1-9,13H2. The number of rotatable bonds is 1. The van der Waals surface area contributed by atoms with E-state index in [1.165, 1.54) is 0 Å². The van der Waals surface area contributed by atoms with E-state index < -0.39 is 9.84 Å². The fourth-order valence-corrected chi connectivity index (χ4v) is 4.13. The zero-order valence-corrected chi connectivity index (χ0v) is 11.5. The van der Waals surface area contributed by atoms with Gasteiger partial charge in [-0.2, -0.15) is 0 Å². The minimum atomic E-state index is -2.96. The van der Waals surface area contributed by atoms with Crippen LogP contribution in [0, 0.1) is 5.92 Å². The molecule has 0 aromatic heterocycles. The van der Waals surface area contributed by atoms with Gasteiger partial charge in [0.05, 0.1) is 17.4 Å². The Bertz CT molecular complexity index is 408. The van der Waals surface area contributed by atoms with Crippen LogP contribution in [0.4, 0.5) is 0 Å². The first-order chi connectivity index (χ1) is 8.49. The highest BCUT2D eigenvalue weighted by molar-refractivity contribution is 7.91. The minimum Gasteiger partial charge on any atom is -0.341 e. The quantitative estimate of drug-likeness (QED) is 0.738. The molecule has 1 heterocycles. The monoisotopic (exact) mass is 274 g/mol. The van der Waals surface area contributed by atoms with Crippen molar-refractivity contribution in [3.63, 3.8) is 0 Å². The molecule has 0 spiro atoms. The number of hydrogen-bond acceptors (Lipinski definition) is 4. The molecule has 2 N–H and O–H groups in total. The number of amides is 1. The number of sulfone groups is 1. The first-order valence-electron chi connectivity index (χ1n) is 6.74. The Balaban J connectivity index is 2.00. The Morgan fingerprint density at radius 3 is 2.50 bits per heavy atom. The molecule has 0 bridgehead atoms. The van der Waals surface area contributed by atoms with Gasteiger partial charge in [0, 0.05) is 19.1 Å². The van der Waals surface area contributed by atoms with Crippen LogP contribution in [0.3, 0.4) is 0 Å². The van der Waals surface area contributed by atoms with Crippen LogP contribution in [-0.4, -0.2) is 49.9 Å². The molecule has 0 aromatic rings. The predicted molar refractivity (Wildman–Crippen MR) is 69.8 cm³/mol. The minimum absolute atomic E-state index is 0.0499. The molecule has 1 aliphatic heterocycles. The summed E-state index contributed by atoms with van der Waals surface area (Å²) < 4.78 is 23.0. The summed E-state index contributed by atoms with van der Waals surface area (Å²) in [6, 6.07) is -0.0499. The number of nitrogens with zero attached hydrogens (tertiary/aromatic N) is 1. The first kappa shape index (κ1) is 13.8. The highest BCUT2D eigenvalue weighted by Gasteiger charge is 2.32. The Hall–Kier alpha value is -0.620. The molecule has 1 aliphatic carbocycles. The normalized spacial score (nSPS) is 32.8. The highest BCUT2D eigenvalue weighted by Crippen LogP contribution is 2.25. The van der Waals surface area contributed by atoms with Gasteiger partial charge < -0.3 is 10.6 Å². The van der Waals surface area contributed by atoms with Gasteiger partial charge in [-0.15, -0.1) is 0 Å². The van der Waals surface area contributed by atoms with Crippen molar-refractivity contribution < 1.29 is 13.2 Å². The molecule has 2 fully saturated rings. The van der Waals surface area contributed by atoms with Crippen molar-refractivity contribution in [2.75, 3.05) is 24.6 Å². The van der Waals surface area contributed by atoms with E-state index in [2.05, 4.69) is 0 Å². The molecule has 5 nitrogen and oxygen atoms in total. The molecular weight excluding hydrogens is 252 g/mol. The van der Waals surface area contributed by atoms with Crippen LogP contribution in [0.1, 0.15) is 32.1 Å². The van der Waals surface area contributed by atoms with Gasteiger partial charge in [-0.3, -0.25) is 4.79 Å². The largest absolute Gasteiger partial charge is 0.341 e. The van der Waals surface area contributed by atoms with E-state index in [1.807, 2.05) is 0 Å². The molecule has 0 aromatic carbocycles. The number of carbonyl (C=O) groups excluding carboxylic acids is 1. The molecule has 0 radical (unpaired) electrons. The van der Waals surface area contributed by atoms with E-state index in [0.29, 0.717) is 19.5 Å². The summed E-state index contributed by atoms with van der Waals surface area (Å²) in [6.07, 6.45) is 4.46. The average Bonchev–Trinajstić information content (AvgIpc) is 2.50. The van der Waals surface area contributed by atoms with Crippen LogP contribution in [0.25, 0.3) is 0 Å². The van der Waals surface area contributed by atoms with Gasteiger partial charge in [0.1, 0.15) is 0 Å². The van der Waals surface area contributed by atoms with Crippen LogP contribution in [0.15, 0.2) is 0 Å².